The Balaban J connectivity index is 2.99. The predicted molar refractivity (Wildman–Crippen MR) is 87.2 cm³/mol. The summed E-state index contributed by atoms with van der Waals surface area (Å²) in [4.78, 5) is 26.6. The van der Waals surface area contributed by atoms with Gasteiger partial charge < -0.3 is 14.2 Å². The van der Waals surface area contributed by atoms with Gasteiger partial charge in [-0.1, -0.05) is 13.3 Å². The van der Waals surface area contributed by atoms with Gasteiger partial charge in [0, 0.05) is 12.6 Å². The maximum absolute atomic E-state index is 12.6. The number of carbonyl (C=O) groups is 2. The lowest BCUT2D eigenvalue weighted by Crippen LogP contribution is -2.59. The van der Waals surface area contributed by atoms with Gasteiger partial charge in [0.05, 0.1) is 13.7 Å². The molecule has 0 saturated carbocycles. The number of esters is 1. The third-order valence-corrected chi connectivity index (χ3v) is 4.02. The summed E-state index contributed by atoms with van der Waals surface area (Å²) in [6.07, 6.45) is 2.67. The van der Waals surface area contributed by atoms with Gasteiger partial charge in [-0.05, 0) is 47.0 Å². The van der Waals surface area contributed by atoms with E-state index >= 15 is 0 Å². The van der Waals surface area contributed by atoms with Gasteiger partial charge in [-0.25, -0.2) is 9.59 Å². The molecule has 1 aliphatic rings. The van der Waals surface area contributed by atoms with Crippen molar-refractivity contribution in [2.24, 2.45) is 0 Å². The average Bonchev–Trinajstić information content (AvgIpc) is 2.79. The second-order valence-corrected chi connectivity index (χ2v) is 7.17. The van der Waals surface area contributed by atoms with Crippen LogP contribution in [0, 0.1) is 0 Å². The predicted octanol–water partition coefficient (Wildman–Crippen LogP) is 3.13. The molecule has 1 aliphatic heterocycles. The molecule has 0 aliphatic carbocycles. The zero-order valence-corrected chi connectivity index (χ0v) is 15.3. The normalized spacial score (nSPS) is 24.6. The smallest absolute Gasteiger partial charge is 0.411 e. The Morgan fingerprint density at radius 3 is 2.48 bits per heavy atom. The van der Waals surface area contributed by atoms with Gasteiger partial charge in [0.1, 0.15) is 5.60 Å². The number of nitrogens with zero attached hydrogens (tertiary/aromatic N) is 1. The Kier molecular flexibility index (Phi) is 6.86. The summed E-state index contributed by atoms with van der Waals surface area (Å²) in [5.74, 6) is -0.441. The number of hydrogen-bond acceptors (Lipinski definition) is 5. The van der Waals surface area contributed by atoms with Gasteiger partial charge in [0.15, 0.2) is 5.54 Å². The minimum Gasteiger partial charge on any atom is -0.467 e. The molecular formula is C17H31NO5. The highest BCUT2D eigenvalue weighted by Gasteiger charge is 2.55. The molecule has 6 nitrogen and oxygen atoms in total. The molecule has 0 N–H and O–H groups in total. The summed E-state index contributed by atoms with van der Waals surface area (Å²) in [6.45, 7) is 10.1. The van der Waals surface area contributed by atoms with E-state index in [0.29, 0.717) is 19.4 Å². The molecule has 1 fully saturated rings. The quantitative estimate of drug-likeness (QED) is 0.553. The molecule has 0 aromatic rings. The second kappa shape index (κ2) is 7.99. The first kappa shape index (κ1) is 19.7. The molecule has 2 atom stereocenters. The highest BCUT2D eigenvalue weighted by atomic mass is 16.6. The van der Waals surface area contributed by atoms with Gasteiger partial charge in [-0.15, -0.1) is 0 Å². The van der Waals surface area contributed by atoms with Gasteiger partial charge in [-0.3, -0.25) is 4.90 Å². The van der Waals surface area contributed by atoms with E-state index in [9.17, 15) is 9.59 Å². The highest BCUT2D eigenvalue weighted by Crippen LogP contribution is 2.37. The third kappa shape index (κ3) is 4.83. The Labute approximate surface area is 139 Å². The molecule has 1 heterocycles. The first-order chi connectivity index (χ1) is 10.7. The summed E-state index contributed by atoms with van der Waals surface area (Å²) >= 11 is 0. The lowest BCUT2D eigenvalue weighted by Gasteiger charge is -2.38. The number of methoxy groups -OCH3 is 1. The van der Waals surface area contributed by atoms with E-state index in [2.05, 4.69) is 6.92 Å². The molecule has 0 aromatic carbocycles. The fourth-order valence-electron chi connectivity index (χ4n) is 2.86. The van der Waals surface area contributed by atoms with Crippen molar-refractivity contribution in [2.75, 3.05) is 20.3 Å². The molecular weight excluding hydrogens is 298 g/mol. The summed E-state index contributed by atoms with van der Waals surface area (Å²) in [6, 6.07) is -0.0984. The molecule has 134 valence electrons. The first-order valence-corrected chi connectivity index (χ1v) is 8.36. The molecule has 6 heteroatoms. The van der Waals surface area contributed by atoms with Crippen molar-refractivity contribution in [3.8, 4) is 0 Å². The van der Waals surface area contributed by atoms with Crippen LogP contribution in [0.2, 0.25) is 0 Å². The van der Waals surface area contributed by atoms with E-state index < -0.39 is 23.2 Å². The molecule has 1 amide bonds. The number of carbonyl (C=O) groups excluding carboxylic acids is 2. The van der Waals surface area contributed by atoms with Crippen LogP contribution in [0.5, 0.6) is 0 Å². The zero-order valence-electron chi connectivity index (χ0n) is 15.3. The fraction of sp³-hybridized carbons (Fsp3) is 0.882. The van der Waals surface area contributed by atoms with E-state index in [-0.39, 0.29) is 12.6 Å². The molecule has 0 spiro atoms. The monoisotopic (exact) mass is 329 g/mol. The molecule has 0 bridgehead atoms. The van der Waals surface area contributed by atoms with Crippen LogP contribution in [0.25, 0.3) is 0 Å². The van der Waals surface area contributed by atoms with E-state index in [1.54, 1.807) is 0 Å². The van der Waals surface area contributed by atoms with E-state index in [1.165, 1.54) is 12.0 Å². The largest absolute Gasteiger partial charge is 0.467 e. The SMILES string of the molecule is CCCCOCC1(C(=O)OC)CCC(C)N1C(=O)OC(C)(C)C. The number of unbranched alkanes of at least 4 members (excludes halogenated alkanes) is 1. The standard InChI is InChI=1S/C17H31NO5/c1-7-8-11-22-12-17(14(19)21-6)10-9-13(2)18(17)15(20)23-16(3,4)5/h13H,7-12H2,1-6H3. The average molecular weight is 329 g/mol. The van der Waals surface area contributed by atoms with Crippen LogP contribution in [0.1, 0.15) is 60.3 Å². The molecule has 1 saturated heterocycles. The molecule has 1 rings (SSSR count). The highest BCUT2D eigenvalue weighted by molar-refractivity contribution is 5.87. The minimum atomic E-state index is -1.09. The van der Waals surface area contributed by atoms with Crippen molar-refractivity contribution >= 4 is 12.1 Å². The van der Waals surface area contributed by atoms with Crippen molar-refractivity contribution in [3.05, 3.63) is 0 Å². The van der Waals surface area contributed by atoms with Gasteiger partial charge in [-0.2, -0.15) is 0 Å². The van der Waals surface area contributed by atoms with Gasteiger partial charge in [0.2, 0.25) is 0 Å². The number of hydrogen-bond donors (Lipinski definition) is 0. The van der Waals surface area contributed by atoms with Crippen molar-refractivity contribution < 1.29 is 23.8 Å². The molecule has 0 aromatic heterocycles. The minimum absolute atomic E-state index is 0.0984. The number of amides is 1. The van der Waals surface area contributed by atoms with Crippen molar-refractivity contribution in [2.45, 2.75) is 77.5 Å². The molecule has 0 radical (unpaired) electrons. The van der Waals surface area contributed by atoms with E-state index in [1.807, 2.05) is 27.7 Å². The summed E-state index contributed by atoms with van der Waals surface area (Å²) in [7, 11) is 1.34. The van der Waals surface area contributed by atoms with Crippen LogP contribution >= 0.6 is 0 Å². The lowest BCUT2D eigenvalue weighted by molar-refractivity contribution is -0.158. The number of ether oxygens (including phenoxy) is 3. The fourth-order valence-corrected chi connectivity index (χ4v) is 2.86. The second-order valence-electron chi connectivity index (χ2n) is 7.17. The Bertz CT molecular complexity index is 418. The van der Waals surface area contributed by atoms with Crippen LogP contribution in [0.3, 0.4) is 0 Å². The van der Waals surface area contributed by atoms with Crippen LogP contribution in [0.4, 0.5) is 4.79 Å². The van der Waals surface area contributed by atoms with Crippen molar-refractivity contribution in [1.82, 2.24) is 4.90 Å². The summed E-state index contributed by atoms with van der Waals surface area (Å²) in [5.41, 5.74) is -1.71. The van der Waals surface area contributed by atoms with E-state index in [4.69, 9.17) is 14.2 Å². The zero-order chi connectivity index (χ0) is 17.7. The van der Waals surface area contributed by atoms with Crippen LogP contribution in [0.15, 0.2) is 0 Å². The lowest BCUT2D eigenvalue weighted by atomic mass is 9.97. The topological polar surface area (TPSA) is 65.1 Å². The van der Waals surface area contributed by atoms with Crippen LogP contribution < -0.4 is 0 Å². The van der Waals surface area contributed by atoms with Gasteiger partial charge >= 0.3 is 12.1 Å². The van der Waals surface area contributed by atoms with Crippen LogP contribution in [-0.4, -0.2) is 54.5 Å². The maximum Gasteiger partial charge on any atom is 0.411 e. The third-order valence-electron chi connectivity index (χ3n) is 4.02. The maximum atomic E-state index is 12.6. The first-order valence-electron chi connectivity index (χ1n) is 8.36. The number of likely N-dealkylation sites (tertiary alicyclic amines) is 1. The Morgan fingerprint density at radius 1 is 1.30 bits per heavy atom. The van der Waals surface area contributed by atoms with Crippen LogP contribution in [-0.2, 0) is 19.0 Å². The number of rotatable bonds is 6. The summed E-state index contributed by atoms with van der Waals surface area (Å²) < 4.78 is 16.2. The van der Waals surface area contributed by atoms with E-state index in [0.717, 1.165) is 12.8 Å². The van der Waals surface area contributed by atoms with Crippen molar-refractivity contribution in [1.29, 1.82) is 0 Å². The Morgan fingerprint density at radius 2 is 1.96 bits per heavy atom. The summed E-state index contributed by atoms with van der Waals surface area (Å²) in [5, 5.41) is 0. The van der Waals surface area contributed by atoms with Crippen molar-refractivity contribution in [3.63, 3.8) is 0 Å². The molecule has 2 unspecified atom stereocenters. The van der Waals surface area contributed by atoms with Gasteiger partial charge in [0.25, 0.3) is 0 Å². The molecule has 23 heavy (non-hydrogen) atoms. The Hall–Kier alpha value is -1.30.